The lowest BCUT2D eigenvalue weighted by molar-refractivity contribution is 0.0994. The van der Waals surface area contributed by atoms with Gasteiger partial charge in [0.25, 0.3) is 0 Å². The van der Waals surface area contributed by atoms with Crippen LogP contribution in [0, 0.1) is 0 Å². The first-order valence-corrected chi connectivity index (χ1v) is 5.97. The van der Waals surface area contributed by atoms with Crippen molar-refractivity contribution in [2.45, 2.75) is 38.8 Å². The molecule has 0 aliphatic rings. The largest absolute Gasteiger partial charge is 0.392 e. The van der Waals surface area contributed by atoms with Gasteiger partial charge in [-0.05, 0) is 37.6 Å². The van der Waals surface area contributed by atoms with E-state index in [0.717, 1.165) is 19.4 Å². The summed E-state index contributed by atoms with van der Waals surface area (Å²) in [6, 6.07) is 4.45. The standard InChI is InChI=1S/C13H22N2O/c1-4-12(16)10-15(3)13(5-2)11-6-8-14-9-7-11/h6-9,12-13,16H,4-5,10H2,1-3H3/t12-,13?/m1/s1. The minimum Gasteiger partial charge on any atom is -0.392 e. The lowest BCUT2D eigenvalue weighted by Crippen LogP contribution is -2.32. The van der Waals surface area contributed by atoms with Crippen molar-refractivity contribution >= 4 is 0 Å². The fourth-order valence-electron chi connectivity index (χ4n) is 1.98. The van der Waals surface area contributed by atoms with E-state index in [1.165, 1.54) is 5.56 Å². The van der Waals surface area contributed by atoms with Crippen molar-refractivity contribution in [1.82, 2.24) is 9.88 Å². The fourth-order valence-corrected chi connectivity index (χ4v) is 1.98. The van der Waals surface area contributed by atoms with Gasteiger partial charge in [-0.1, -0.05) is 13.8 Å². The zero-order chi connectivity index (χ0) is 12.0. The average Bonchev–Trinajstić information content (AvgIpc) is 2.31. The Labute approximate surface area is 98.1 Å². The smallest absolute Gasteiger partial charge is 0.0664 e. The molecule has 1 unspecified atom stereocenters. The number of hydrogen-bond acceptors (Lipinski definition) is 3. The topological polar surface area (TPSA) is 36.4 Å². The number of aliphatic hydroxyl groups excluding tert-OH is 1. The van der Waals surface area contributed by atoms with Crippen molar-refractivity contribution in [2.24, 2.45) is 0 Å². The maximum absolute atomic E-state index is 9.67. The third-order valence-corrected chi connectivity index (χ3v) is 2.98. The van der Waals surface area contributed by atoms with Gasteiger partial charge in [-0.2, -0.15) is 0 Å². The predicted octanol–water partition coefficient (Wildman–Crippen LogP) is 2.24. The van der Waals surface area contributed by atoms with Crippen LogP contribution in [0.2, 0.25) is 0 Å². The lowest BCUT2D eigenvalue weighted by atomic mass is 10.0. The van der Waals surface area contributed by atoms with E-state index in [2.05, 4.69) is 23.9 Å². The molecule has 0 radical (unpaired) electrons. The summed E-state index contributed by atoms with van der Waals surface area (Å²) in [4.78, 5) is 6.24. The van der Waals surface area contributed by atoms with Crippen LogP contribution >= 0.6 is 0 Å². The Hall–Kier alpha value is -0.930. The molecule has 1 heterocycles. The van der Waals surface area contributed by atoms with Gasteiger partial charge in [0.1, 0.15) is 0 Å². The molecule has 0 fully saturated rings. The number of aromatic nitrogens is 1. The van der Waals surface area contributed by atoms with E-state index in [-0.39, 0.29) is 6.10 Å². The van der Waals surface area contributed by atoms with Crippen LogP contribution in [0.5, 0.6) is 0 Å². The van der Waals surface area contributed by atoms with Gasteiger partial charge in [0.05, 0.1) is 6.10 Å². The van der Waals surface area contributed by atoms with E-state index >= 15 is 0 Å². The molecule has 3 nitrogen and oxygen atoms in total. The highest BCUT2D eigenvalue weighted by Gasteiger charge is 2.16. The Balaban J connectivity index is 2.67. The Morgan fingerprint density at radius 3 is 2.38 bits per heavy atom. The highest BCUT2D eigenvalue weighted by atomic mass is 16.3. The number of pyridine rings is 1. The minimum absolute atomic E-state index is 0.235. The summed E-state index contributed by atoms with van der Waals surface area (Å²) in [7, 11) is 2.06. The second-order valence-corrected chi connectivity index (χ2v) is 4.21. The quantitative estimate of drug-likeness (QED) is 0.802. The number of nitrogens with zero attached hydrogens (tertiary/aromatic N) is 2. The highest BCUT2D eigenvalue weighted by molar-refractivity contribution is 5.14. The summed E-state index contributed by atoms with van der Waals surface area (Å²) in [5.41, 5.74) is 1.27. The van der Waals surface area contributed by atoms with E-state index in [4.69, 9.17) is 0 Å². The molecule has 0 aliphatic carbocycles. The van der Waals surface area contributed by atoms with Crippen molar-refractivity contribution in [2.75, 3.05) is 13.6 Å². The molecule has 2 atom stereocenters. The van der Waals surface area contributed by atoms with E-state index in [1.807, 2.05) is 31.5 Å². The van der Waals surface area contributed by atoms with Crippen LogP contribution in [-0.4, -0.2) is 34.7 Å². The summed E-state index contributed by atoms with van der Waals surface area (Å²) in [6.07, 6.45) is 5.25. The van der Waals surface area contributed by atoms with E-state index in [9.17, 15) is 5.11 Å². The van der Waals surface area contributed by atoms with Gasteiger partial charge in [0.2, 0.25) is 0 Å². The van der Waals surface area contributed by atoms with Crippen LogP contribution in [0.4, 0.5) is 0 Å². The number of rotatable bonds is 6. The lowest BCUT2D eigenvalue weighted by Gasteiger charge is -2.29. The molecule has 1 aromatic heterocycles. The van der Waals surface area contributed by atoms with Crippen LogP contribution in [0.25, 0.3) is 0 Å². The van der Waals surface area contributed by atoms with Crippen molar-refractivity contribution in [3.63, 3.8) is 0 Å². The van der Waals surface area contributed by atoms with E-state index in [1.54, 1.807) is 0 Å². The number of likely N-dealkylation sites (N-methyl/N-ethyl adjacent to an activating group) is 1. The first kappa shape index (κ1) is 13.1. The summed E-state index contributed by atoms with van der Waals surface area (Å²) in [5.74, 6) is 0. The van der Waals surface area contributed by atoms with Gasteiger partial charge < -0.3 is 5.11 Å². The van der Waals surface area contributed by atoms with Crippen LogP contribution in [0.3, 0.4) is 0 Å². The van der Waals surface area contributed by atoms with Crippen LogP contribution in [-0.2, 0) is 0 Å². The monoisotopic (exact) mass is 222 g/mol. The molecule has 1 aromatic rings. The zero-order valence-corrected chi connectivity index (χ0v) is 10.4. The van der Waals surface area contributed by atoms with E-state index < -0.39 is 0 Å². The Kier molecular flexibility index (Phi) is 5.43. The second-order valence-electron chi connectivity index (χ2n) is 4.21. The van der Waals surface area contributed by atoms with Gasteiger partial charge in [0, 0.05) is 25.0 Å². The zero-order valence-electron chi connectivity index (χ0n) is 10.4. The summed E-state index contributed by atoms with van der Waals surface area (Å²) < 4.78 is 0. The second kappa shape index (κ2) is 6.61. The van der Waals surface area contributed by atoms with Crippen molar-refractivity contribution in [3.8, 4) is 0 Å². The third-order valence-electron chi connectivity index (χ3n) is 2.98. The molecule has 1 rings (SSSR count). The maximum atomic E-state index is 9.67. The molecule has 0 saturated carbocycles. The first-order valence-electron chi connectivity index (χ1n) is 5.97. The molecule has 0 amide bonds. The molecule has 90 valence electrons. The molecule has 0 spiro atoms. The minimum atomic E-state index is -0.235. The summed E-state index contributed by atoms with van der Waals surface area (Å²) >= 11 is 0. The molecule has 16 heavy (non-hydrogen) atoms. The summed E-state index contributed by atoms with van der Waals surface area (Å²) in [6.45, 7) is 4.89. The Bertz CT molecular complexity index is 289. The third kappa shape index (κ3) is 3.58. The highest BCUT2D eigenvalue weighted by Crippen LogP contribution is 2.22. The molecule has 3 heteroatoms. The average molecular weight is 222 g/mol. The van der Waals surface area contributed by atoms with Crippen LogP contribution < -0.4 is 0 Å². The molecular weight excluding hydrogens is 200 g/mol. The van der Waals surface area contributed by atoms with Crippen molar-refractivity contribution in [1.29, 1.82) is 0 Å². The predicted molar refractivity (Wildman–Crippen MR) is 66.2 cm³/mol. The molecule has 0 saturated heterocycles. The molecule has 0 aliphatic heterocycles. The van der Waals surface area contributed by atoms with Gasteiger partial charge >= 0.3 is 0 Å². The van der Waals surface area contributed by atoms with Crippen molar-refractivity contribution < 1.29 is 5.11 Å². The number of hydrogen-bond donors (Lipinski definition) is 1. The summed E-state index contributed by atoms with van der Waals surface area (Å²) in [5, 5.41) is 9.67. The van der Waals surface area contributed by atoms with Crippen LogP contribution in [0.1, 0.15) is 38.3 Å². The molecular formula is C13H22N2O. The van der Waals surface area contributed by atoms with Gasteiger partial charge in [-0.15, -0.1) is 0 Å². The SMILES string of the molecule is CCC(c1ccncc1)N(C)C[C@H](O)CC. The number of aliphatic hydroxyl groups is 1. The van der Waals surface area contributed by atoms with Crippen molar-refractivity contribution in [3.05, 3.63) is 30.1 Å². The first-order chi connectivity index (χ1) is 7.69. The molecule has 0 aromatic carbocycles. The Morgan fingerprint density at radius 1 is 1.25 bits per heavy atom. The van der Waals surface area contributed by atoms with Gasteiger partial charge in [0.15, 0.2) is 0 Å². The van der Waals surface area contributed by atoms with Gasteiger partial charge in [-0.25, -0.2) is 0 Å². The van der Waals surface area contributed by atoms with Gasteiger partial charge in [-0.3, -0.25) is 9.88 Å². The molecule has 1 N–H and O–H groups in total. The fraction of sp³-hybridized carbons (Fsp3) is 0.615. The Morgan fingerprint density at radius 2 is 1.88 bits per heavy atom. The normalized spacial score (nSPS) is 15.1. The van der Waals surface area contributed by atoms with E-state index in [0.29, 0.717) is 6.04 Å². The maximum Gasteiger partial charge on any atom is 0.0664 e. The molecule has 0 bridgehead atoms. The van der Waals surface area contributed by atoms with Crippen LogP contribution in [0.15, 0.2) is 24.5 Å².